The van der Waals surface area contributed by atoms with Gasteiger partial charge >= 0.3 is 0 Å². The summed E-state index contributed by atoms with van der Waals surface area (Å²) in [7, 11) is -0.592. The molecule has 0 spiro atoms. The predicted octanol–water partition coefficient (Wildman–Crippen LogP) is 3.95. The standard InChI is InChI=1S/C20H21N3O4S/c1-14-4-10-19(27-3)18(12-14)22-20-11-5-15(13-21-20)23-28(24,25)17-8-6-16(26-2)7-9-17/h4-13,23H,1-3H3,(H,21,22). The zero-order valence-corrected chi connectivity index (χ0v) is 16.6. The highest BCUT2D eigenvalue weighted by Crippen LogP contribution is 2.28. The number of hydrogen-bond acceptors (Lipinski definition) is 6. The van der Waals surface area contributed by atoms with Gasteiger partial charge in [0, 0.05) is 0 Å². The van der Waals surface area contributed by atoms with Crippen molar-refractivity contribution >= 4 is 27.2 Å². The summed E-state index contributed by atoms with van der Waals surface area (Å²) in [5.41, 5.74) is 2.21. The van der Waals surface area contributed by atoms with E-state index in [2.05, 4.69) is 15.0 Å². The molecule has 0 saturated carbocycles. The van der Waals surface area contributed by atoms with E-state index >= 15 is 0 Å². The number of nitrogens with zero attached hydrogens (tertiary/aromatic N) is 1. The van der Waals surface area contributed by atoms with Crippen LogP contribution in [0.5, 0.6) is 11.5 Å². The number of anilines is 3. The Bertz CT molecular complexity index is 1050. The average molecular weight is 399 g/mol. The van der Waals surface area contributed by atoms with Crippen LogP contribution in [0.3, 0.4) is 0 Å². The Kier molecular flexibility index (Phi) is 5.70. The van der Waals surface area contributed by atoms with Gasteiger partial charge in [0.25, 0.3) is 10.0 Å². The summed E-state index contributed by atoms with van der Waals surface area (Å²) in [6.07, 6.45) is 1.45. The quantitative estimate of drug-likeness (QED) is 0.625. The van der Waals surface area contributed by atoms with Crippen molar-refractivity contribution in [2.45, 2.75) is 11.8 Å². The Hall–Kier alpha value is -3.26. The molecule has 2 aromatic carbocycles. The molecule has 0 atom stereocenters. The fourth-order valence-electron chi connectivity index (χ4n) is 2.55. The molecule has 3 rings (SSSR count). The van der Waals surface area contributed by atoms with Gasteiger partial charge in [-0.15, -0.1) is 0 Å². The zero-order valence-electron chi connectivity index (χ0n) is 15.8. The zero-order chi connectivity index (χ0) is 20.1. The maximum absolute atomic E-state index is 12.5. The van der Waals surface area contributed by atoms with Gasteiger partial charge in [-0.25, -0.2) is 13.4 Å². The number of aryl methyl sites for hydroxylation is 1. The lowest BCUT2D eigenvalue weighted by Crippen LogP contribution is -2.13. The third-order valence-electron chi connectivity index (χ3n) is 4.00. The van der Waals surface area contributed by atoms with Crippen molar-refractivity contribution in [3.8, 4) is 11.5 Å². The average Bonchev–Trinajstić information content (AvgIpc) is 2.69. The van der Waals surface area contributed by atoms with Gasteiger partial charge in [0.1, 0.15) is 17.3 Å². The van der Waals surface area contributed by atoms with Crippen LogP contribution in [0, 0.1) is 6.92 Å². The van der Waals surface area contributed by atoms with Crippen LogP contribution in [0.2, 0.25) is 0 Å². The molecule has 0 radical (unpaired) electrons. The lowest BCUT2D eigenvalue weighted by atomic mass is 10.2. The van der Waals surface area contributed by atoms with Gasteiger partial charge in [-0.05, 0) is 61.0 Å². The maximum atomic E-state index is 12.5. The second kappa shape index (κ2) is 8.18. The lowest BCUT2D eigenvalue weighted by molar-refractivity contribution is 0.414. The molecule has 0 aliphatic heterocycles. The third-order valence-corrected chi connectivity index (χ3v) is 5.40. The summed E-state index contributed by atoms with van der Waals surface area (Å²) in [5, 5.41) is 3.17. The minimum Gasteiger partial charge on any atom is -0.497 e. The van der Waals surface area contributed by atoms with Crippen molar-refractivity contribution < 1.29 is 17.9 Å². The van der Waals surface area contributed by atoms with Crippen molar-refractivity contribution in [2.75, 3.05) is 24.3 Å². The fourth-order valence-corrected chi connectivity index (χ4v) is 3.60. The van der Waals surface area contributed by atoms with Crippen molar-refractivity contribution in [1.82, 2.24) is 4.98 Å². The van der Waals surface area contributed by atoms with Crippen molar-refractivity contribution in [3.05, 3.63) is 66.4 Å². The Balaban J connectivity index is 1.74. The van der Waals surface area contributed by atoms with Crippen LogP contribution in [0.15, 0.2) is 65.7 Å². The van der Waals surface area contributed by atoms with Gasteiger partial charge < -0.3 is 14.8 Å². The van der Waals surface area contributed by atoms with E-state index in [0.717, 1.165) is 11.3 Å². The summed E-state index contributed by atoms with van der Waals surface area (Å²) in [6, 6.07) is 15.2. The van der Waals surface area contributed by atoms with Gasteiger partial charge in [-0.2, -0.15) is 0 Å². The molecule has 146 valence electrons. The molecule has 0 saturated heterocycles. The molecular weight excluding hydrogens is 378 g/mol. The number of aromatic nitrogens is 1. The van der Waals surface area contributed by atoms with Crippen LogP contribution in [0.4, 0.5) is 17.2 Å². The molecule has 0 aliphatic carbocycles. The predicted molar refractivity (Wildman–Crippen MR) is 109 cm³/mol. The number of hydrogen-bond donors (Lipinski definition) is 2. The smallest absolute Gasteiger partial charge is 0.261 e. The topological polar surface area (TPSA) is 89.6 Å². The number of sulfonamides is 1. The first kappa shape index (κ1) is 19.5. The highest BCUT2D eigenvalue weighted by atomic mass is 32.2. The van der Waals surface area contributed by atoms with E-state index in [-0.39, 0.29) is 4.90 Å². The number of benzene rings is 2. The minimum atomic E-state index is -3.71. The minimum absolute atomic E-state index is 0.139. The van der Waals surface area contributed by atoms with Crippen LogP contribution in [-0.2, 0) is 10.0 Å². The molecule has 1 heterocycles. The normalized spacial score (nSPS) is 11.0. The first-order chi connectivity index (χ1) is 13.4. The van der Waals surface area contributed by atoms with Crippen LogP contribution in [0.25, 0.3) is 0 Å². The van der Waals surface area contributed by atoms with E-state index in [9.17, 15) is 8.42 Å². The Morgan fingerprint density at radius 2 is 1.68 bits per heavy atom. The highest BCUT2D eigenvalue weighted by molar-refractivity contribution is 7.92. The van der Waals surface area contributed by atoms with Gasteiger partial charge in [0.2, 0.25) is 0 Å². The molecule has 28 heavy (non-hydrogen) atoms. The molecule has 3 aromatic rings. The van der Waals surface area contributed by atoms with Crippen LogP contribution < -0.4 is 19.5 Å². The molecule has 0 amide bonds. The second-order valence-corrected chi connectivity index (χ2v) is 7.72. The number of ether oxygens (including phenoxy) is 2. The number of rotatable bonds is 7. The van der Waals surface area contributed by atoms with Crippen LogP contribution >= 0.6 is 0 Å². The fraction of sp³-hybridized carbons (Fsp3) is 0.150. The van der Waals surface area contributed by atoms with E-state index in [0.29, 0.717) is 23.0 Å². The van der Waals surface area contributed by atoms with Crippen LogP contribution in [-0.4, -0.2) is 27.6 Å². The molecule has 0 unspecified atom stereocenters. The number of methoxy groups -OCH3 is 2. The molecule has 0 aliphatic rings. The summed E-state index contributed by atoms with van der Waals surface area (Å²) in [4.78, 5) is 4.41. The summed E-state index contributed by atoms with van der Waals surface area (Å²) in [6.45, 7) is 1.98. The molecular formula is C20H21N3O4S. The summed E-state index contributed by atoms with van der Waals surface area (Å²) in [5.74, 6) is 1.84. The van der Waals surface area contributed by atoms with Crippen LogP contribution in [0.1, 0.15) is 5.56 Å². The van der Waals surface area contributed by atoms with E-state index < -0.39 is 10.0 Å². The molecule has 0 bridgehead atoms. The first-order valence-electron chi connectivity index (χ1n) is 8.46. The Labute approximate surface area is 164 Å². The SMILES string of the molecule is COc1ccc(S(=O)(=O)Nc2ccc(Nc3cc(C)ccc3OC)nc2)cc1. The van der Waals surface area contributed by atoms with Gasteiger partial charge in [0.05, 0.1) is 36.7 Å². The van der Waals surface area contributed by atoms with Gasteiger partial charge in [-0.3, -0.25) is 4.72 Å². The molecule has 8 heteroatoms. The van der Waals surface area contributed by atoms with E-state index in [1.807, 2.05) is 25.1 Å². The number of nitrogens with one attached hydrogen (secondary N) is 2. The largest absolute Gasteiger partial charge is 0.497 e. The molecule has 7 nitrogen and oxygen atoms in total. The van der Waals surface area contributed by atoms with E-state index in [4.69, 9.17) is 9.47 Å². The molecule has 2 N–H and O–H groups in total. The molecule has 0 fully saturated rings. The lowest BCUT2D eigenvalue weighted by Gasteiger charge is -2.12. The molecule has 1 aromatic heterocycles. The Morgan fingerprint density at radius 3 is 2.29 bits per heavy atom. The monoisotopic (exact) mass is 399 g/mol. The Morgan fingerprint density at radius 1 is 0.929 bits per heavy atom. The number of pyridine rings is 1. The van der Waals surface area contributed by atoms with E-state index in [1.54, 1.807) is 31.4 Å². The summed E-state index contributed by atoms with van der Waals surface area (Å²) >= 11 is 0. The second-order valence-electron chi connectivity index (χ2n) is 6.04. The van der Waals surface area contributed by atoms with Gasteiger partial charge in [-0.1, -0.05) is 6.07 Å². The van der Waals surface area contributed by atoms with E-state index in [1.165, 1.54) is 25.4 Å². The highest BCUT2D eigenvalue weighted by Gasteiger charge is 2.14. The maximum Gasteiger partial charge on any atom is 0.261 e. The third kappa shape index (κ3) is 4.52. The summed E-state index contributed by atoms with van der Waals surface area (Å²) < 4.78 is 37.9. The van der Waals surface area contributed by atoms with Crippen molar-refractivity contribution in [2.24, 2.45) is 0 Å². The van der Waals surface area contributed by atoms with Crippen molar-refractivity contribution in [1.29, 1.82) is 0 Å². The van der Waals surface area contributed by atoms with Gasteiger partial charge in [0.15, 0.2) is 0 Å². The van der Waals surface area contributed by atoms with Crippen molar-refractivity contribution in [3.63, 3.8) is 0 Å². The first-order valence-corrected chi connectivity index (χ1v) is 9.94.